The van der Waals surface area contributed by atoms with Gasteiger partial charge in [0.1, 0.15) is 0 Å². The van der Waals surface area contributed by atoms with Crippen LogP contribution in [0.15, 0.2) is 72.8 Å². The molecule has 3 aromatic carbocycles. The van der Waals surface area contributed by atoms with Gasteiger partial charge in [0.25, 0.3) is 5.91 Å². The molecule has 2 aliphatic rings. The Balaban J connectivity index is 1.68. The van der Waals surface area contributed by atoms with E-state index in [2.05, 4.69) is 0 Å². The van der Waals surface area contributed by atoms with Gasteiger partial charge in [0, 0.05) is 21.3 Å². The van der Waals surface area contributed by atoms with Crippen molar-refractivity contribution in [3.63, 3.8) is 0 Å². The quantitative estimate of drug-likeness (QED) is 0.483. The van der Waals surface area contributed by atoms with Gasteiger partial charge in [-0.1, -0.05) is 65.7 Å². The second-order valence-corrected chi connectivity index (χ2v) is 9.93. The zero-order valence-corrected chi connectivity index (χ0v) is 18.9. The van der Waals surface area contributed by atoms with E-state index >= 15 is 0 Å². The summed E-state index contributed by atoms with van der Waals surface area (Å²) >= 11 is 14.0. The number of thioether (sulfide) groups is 1. The molecule has 1 saturated heterocycles. The molecule has 156 valence electrons. The van der Waals surface area contributed by atoms with Crippen LogP contribution in [0.5, 0.6) is 0 Å². The Kier molecular flexibility index (Phi) is 5.00. The first kappa shape index (κ1) is 20.4. The van der Waals surface area contributed by atoms with Gasteiger partial charge in [-0.2, -0.15) is 0 Å². The molecule has 5 rings (SSSR count). The molecule has 0 bridgehead atoms. The number of para-hydroxylation sites is 1. The number of halogens is 2. The van der Waals surface area contributed by atoms with Crippen LogP contribution in [0, 0.1) is 0 Å². The molecule has 0 N–H and O–H groups in total. The third-order valence-electron chi connectivity index (χ3n) is 5.68. The van der Waals surface area contributed by atoms with Gasteiger partial charge < -0.3 is 4.90 Å². The van der Waals surface area contributed by atoms with E-state index in [1.54, 1.807) is 28.0 Å². The Bertz CT molecular complexity index is 1220. The summed E-state index contributed by atoms with van der Waals surface area (Å²) in [6, 6.07) is 22.2. The lowest BCUT2D eigenvalue weighted by molar-refractivity contribution is -0.124. The lowest BCUT2D eigenvalue weighted by Crippen LogP contribution is -2.49. The molecular formula is C24H18Cl2N2O2S. The van der Waals surface area contributed by atoms with Crippen LogP contribution in [0.2, 0.25) is 10.0 Å². The van der Waals surface area contributed by atoms with Crippen LogP contribution in [-0.4, -0.2) is 17.1 Å². The monoisotopic (exact) mass is 468 g/mol. The fourth-order valence-electron chi connectivity index (χ4n) is 4.31. The van der Waals surface area contributed by atoms with E-state index in [1.165, 1.54) is 11.8 Å². The molecule has 1 fully saturated rings. The maximum absolute atomic E-state index is 14.1. The second-order valence-electron chi connectivity index (χ2n) is 7.56. The van der Waals surface area contributed by atoms with Crippen LogP contribution >= 0.6 is 35.0 Å². The van der Waals surface area contributed by atoms with Crippen molar-refractivity contribution in [3.05, 3.63) is 94.0 Å². The largest absolute Gasteiger partial charge is 0.304 e. The van der Waals surface area contributed by atoms with E-state index in [1.807, 2.05) is 61.5 Å². The summed E-state index contributed by atoms with van der Waals surface area (Å²) in [4.78, 5) is 29.6. The normalized spacial score (nSPS) is 22.5. The third kappa shape index (κ3) is 3.06. The summed E-state index contributed by atoms with van der Waals surface area (Å²) in [7, 11) is 0. The van der Waals surface area contributed by atoms with Gasteiger partial charge in [-0.3, -0.25) is 14.5 Å². The van der Waals surface area contributed by atoms with Crippen LogP contribution in [0.3, 0.4) is 0 Å². The smallest absolute Gasteiger partial charge is 0.269 e. The first-order chi connectivity index (χ1) is 14.9. The van der Waals surface area contributed by atoms with Crippen LogP contribution < -0.4 is 9.80 Å². The first-order valence-electron chi connectivity index (χ1n) is 9.86. The molecule has 0 aromatic heterocycles. The highest BCUT2D eigenvalue weighted by molar-refractivity contribution is 8.03. The topological polar surface area (TPSA) is 40.6 Å². The van der Waals surface area contributed by atoms with E-state index in [0.29, 0.717) is 22.3 Å². The molecule has 0 saturated carbocycles. The van der Waals surface area contributed by atoms with Gasteiger partial charge in [0.05, 0.1) is 17.5 Å². The summed E-state index contributed by atoms with van der Waals surface area (Å²) in [5, 5.41) is 0.733. The van der Waals surface area contributed by atoms with Crippen molar-refractivity contribution in [2.24, 2.45) is 0 Å². The van der Waals surface area contributed by atoms with Gasteiger partial charge in [0.15, 0.2) is 0 Å². The number of hydrogen-bond donors (Lipinski definition) is 0. The van der Waals surface area contributed by atoms with Crippen molar-refractivity contribution in [1.29, 1.82) is 0 Å². The molecule has 2 atom stereocenters. The molecule has 7 heteroatoms. The predicted octanol–water partition coefficient (Wildman–Crippen LogP) is 5.86. The number of nitrogens with zero attached hydrogens (tertiary/aromatic N) is 2. The zero-order chi connectivity index (χ0) is 21.8. The average Bonchev–Trinajstić information content (AvgIpc) is 3.16. The third-order valence-corrected chi connectivity index (χ3v) is 7.76. The maximum Gasteiger partial charge on any atom is 0.269 e. The minimum absolute atomic E-state index is 0.116. The van der Waals surface area contributed by atoms with Crippen molar-refractivity contribution in [3.8, 4) is 0 Å². The van der Waals surface area contributed by atoms with Crippen LogP contribution in [0.25, 0.3) is 0 Å². The number of fused-ring (bicyclic) bond motifs is 2. The standard InChI is InChI=1S/C24H18Cl2N2O2S/c1-15-22(29)28(18-9-6-8-17(25)13-18)24(31-15)19-10-3-5-12-21(19)27(23(24)30)14-16-7-2-4-11-20(16)26/h2-13,15H,14H2,1H3/t15-,24+/m0/s1. The second kappa shape index (κ2) is 7.59. The van der Waals surface area contributed by atoms with E-state index in [-0.39, 0.29) is 17.1 Å². The van der Waals surface area contributed by atoms with Crippen LogP contribution in [0.4, 0.5) is 11.4 Å². The summed E-state index contributed by atoms with van der Waals surface area (Å²) in [5.41, 5.74) is 3.04. The van der Waals surface area contributed by atoms with E-state index in [9.17, 15) is 9.59 Å². The molecule has 2 heterocycles. The minimum Gasteiger partial charge on any atom is -0.304 e. The van der Waals surface area contributed by atoms with E-state index in [0.717, 1.165) is 16.8 Å². The number of benzene rings is 3. The number of anilines is 2. The summed E-state index contributed by atoms with van der Waals surface area (Å²) in [6.07, 6.45) is 0. The molecule has 2 amide bonds. The number of hydrogen-bond acceptors (Lipinski definition) is 3. The Morgan fingerprint density at radius 2 is 1.71 bits per heavy atom. The SMILES string of the molecule is C[C@@H]1S[C@]2(C(=O)N(Cc3ccccc3Cl)c3ccccc32)N(c2cccc(Cl)c2)C1=O. The number of amides is 2. The van der Waals surface area contributed by atoms with E-state index < -0.39 is 4.87 Å². The number of carbonyl (C=O) groups excluding carboxylic acids is 2. The Labute approximate surface area is 194 Å². The Hall–Kier alpha value is -2.47. The molecule has 2 aliphatic heterocycles. The molecular weight excluding hydrogens is 451 g/mol. The highest BCUT2D eigenvalue weighted by atomic mass is 35.5. The fraction of sp³-hybridized carbons (Fsp3) is 0.167. The predicted molar refractivity (Wildman–Crippen MR) is 127 cm³/mol. The molecule has 4 nitrogen and oxygen atoms in total. The average molecular weight is 469 g/mol. The highest BCUT2D eigenvalue weighted by Crippen LogP contribution is 2.58. The Morgan fingerprint density at radius 3 is 2.48 bits per heavy atom. The van der Waals surface area contributed by atoms with Crippen molar-refractivity contribution in [1.82, 2.24) is 0 Å². The fourth-order valence-corrected chi connectivity index (χ4v) is 6.22. The summed E-state index contributed by atoms with van der Waals surface area (Å²) < 4.78 is 0. The van der Waals surface area contributed by atoms with Crippen molar-refractivity contribution in [2.45, 2.75) is 23.6 Å². The van der Waals surface area contributed by atoms with Crippen LogP contribution in [0.1, 0.15) is 18.1 Å². The van der Waals surface area contributed by atoms with E-state index in [4.69, 9.17) is 23.2 Å². The maximum atomic E-state index is 14.1. The first-order valence-corrected chi connectivity index (χ1v) is 11.5. The lowest BCUT2D eigenvalue weighted by Gasteiger charge is -2.33. The lowest BCUT2D eigenvalue weighted by atomic mass is 10.0. The summed E-state index contributed by atoms with van der Waals surface area (Å²) in [5.74, 6) is -0.272. The zero-order valence-electron chi connectivity index (χ0n) is 16.6. The van der Waals surface area contributed by atoms with Gasteiger partial charge in [-0.25, -0.2) is 0 Å². The molecule has 3 aromatic rings. The van der Waals surface area contributed by atoms with Crippen molar-refractivity contribution < 1.29 is 9.59 Å². The Morgan fingerprint density at radius 1 is 0.968 bits per heavy atom. The van der Waals surface area contributed by atoms with Gasteiger partial charge >= 0.3 is 0 Å². The van der Waals surface area contributed by atoms with Gasteiger partial charge in [-0.15, -0.1) is 11.8 Å². The number of rotatable bonds is 3. The van der Waals surface area contributed by atoms with Gasteiger partial charge in [-0.05, 0) is 42.8 Å². The number of carbonyl (C=O) groups is 2. The highest BCUT2D eigenvalue weighted by Gasteiger charge is 2.63. The van der Waals surface area contributed by atoms with Crippen molar-refractivity contribution in [2.75, 3.05) is 9.80 Å². The molecule has 1 spiro atoms. The van der Waals surface area contributed by atoms with Crippen molar-refractivity contribution >= 4 is 58.2 Å². The molecule has 0 aliphatic carbocycles. The van der Waals surface area contributed by atoms with Crippen LogP contribution in [-0.2, 0) is 21.0 Å². The molecule has 0 radical (unpaired) electrons. The summed E-state index contributed by atoms with van der Waals surface area (Å²) in [6.45, 7) is 2.16. The molecule has 31 heavy (non-hydrogen) atoms. The molecule has 0 unspecified atom stereocenters. The van der Waals surface area contributed by atoms with Gasteiger partial charge in [0.2, 0.25) is 10.8 Å². The minimum atomic E-state index is -1.18.